The molecule has 0 bridgehead atoms. The van der Waals surface area contributed by atoms with Gasteiger partial charge in [0.15, 0.2) is 0 Å². The Kier molecular flexibility index (Phi) is 5.16. The minimum absolute atomic E-state index is 0.0348. The van der Waals surface area contributed by atoms with Crippen molar-refractivity contribution in [3.8, 4) is 11.5 Å². The van der Waals surface area contributed by atoms with Crippen molar-refractivity contribution >= 4 is 41.4 Å². The number of halogens is 2. The van der Waals surface area contributed by atoms with Crippen LogP contribution in [0.1, 0.15) is 29.3 Å². The third-order valence-corrected chi connectivity index (χ3v) is 6.31. The van der Waals surface area contributed by atoms with Crippen LogP contribution in [0.2, 0.25) is 5.02 Å². The lowest BCUT2D eigenvalue weighted by atomic mass is 9.92. The number of aromatic nitrogens is 1. The third-order valence-electron chi connectivity index (χ3n) is 5.75. The number of alkyl halides is 1. The second-order valence-electron chi connectivity index (χ2n) is 7.73. The molecule has 2 atom stereocenters. The molecule has 0 saturated carbocycles. The average Bonchev–Trinajstić information content (AvgIpc) is 3.13. The van der Waals surface area contributed by atoms with Gasteiger partial charge < -0.3 is 14.8 Å². The number of fused-ring (bicyclic) bond motifs is 3. The van der Waals surface area contributed by atoms with Crippen molar-refractivity contribution in [1.29, 1.82) is 0 Å². The van der Waals surface area contributed by atoms with Gasteiger partial charge in [0.1, 0.15) is 17.5 Å². The largest absolute Gasteiger partial charge is 0.508 e. The summed E-state index contributed by atoms with van der Waals surface area (Å²) < 4.78 is 5.65. The standard InChI is InChI=1S/C24H20Cl2N2O3/c25-15-3-8-18(9-4-15)31-24(30)28-12-11-19-20-13-16(26)5-10-21(20)27-22(19)23(28)14-1-6-17(29)7-2-14/h1-4,6-10,13,16,23,27,29H,5,11-12H2/t16?,23-/m0/s1. The van der Waals surface area contributed by atoms with E-state index in [0.717, 1.165) is 28.2 Å². The minimum atomic E-state index is -0.443. The SMILES string of the molecule is O=C(Oc1ccc(Cl)cc1)N1CCc2c([nH]c3c2=CC(Cl)CC=3)[C@@H]1c1ccc(O)cc1. The van der Waals surface area contributed by atoms with E-state index in [9.17, 15) is 9.90 Å². The highest BCUT2D eigenvalue weighted by atomic mass is 35.5. The molecule has 5 nitrogen and oxygen atoms in total. The molecule has 31 heavy (non-hydrogen) atoms. The van der Waals surface area contributed by atoms with Crippen LogP contribution in [0, 0.1) is 0 Å². The summed E-state index contributed by atoms with van der Waals surface area (Å²) in [6, 6.07) is 13.2. The van der Waals surface area contributed by atoms with Crippen molar-refractivity contribution in [2.75, 3.05) is 6.54 Å². The summed E-state index contributed by atoms with van der Waals surface area (Å²) >= 11 is 12.3. The van der Waals surface area contributed by atoms with Crippen LogP contribution in [0.15, 0.2) is 48.5 Å². The number of carbonyl (C=O) groups is 1. The fraction of sp³-hybridized carbons (Fsp3) is 0.208. The van der Waals surface area contributed by atoms with Crippen molar-refractivity contribution in [2.45, 2.75) is 24.3 Å². The molecule has 0 radical (unpaired) electrons. The van der Waals surface area contributed by atoms with Crippen molar-refractivity contribution < 1.29 is 14.6 Å². The Hall–Kier alpha value is -2.89. The Morgan fingerprint density at radius 1 is 1.13 bits per heavy atom. The molecule has 1 aromatic heterocycles. The molecule has 2 aromatic carbocycles. The first-order valence-corrected chi connectivity index (χ1v) is 10.9. The number of nitrogens with one attached hydrogen (secondary N) is 1. The predicted octanol–water partition coefficient (Wildman–Crippen LogP) is 4.09. The van der Waals surface area contributed by atoms with Gasteiger partial charge in [0.2, 0.25) is 0 Å². The van der Waals surface area contributed by atoms with Crippen molar-refractivity contribution in [3.63, 3.8) is 0 Å². The maximum absolute atomic E-state index is 13.2. The minimum Gasteiger partial charge on any atom is -0.508 e. The molecule has 1 aliphatic carbocycles. The number of hydrogen-bond acceptors (Lipinski definition) is 3. The summed E-state index contributed by atoms with van der Waals surface area (Å²) in [6.07, 6.45) is 5.21. The van der Waals surface area contributed by atoms with Crippen molar-refractivity contribution in [1.82, 2.24) is 9.88 Å². The molecule has 1 amide bonds. The number of hydrogen-bond donors (Lipinski definition) is 2. The monoisotopic (exact) mass is 454 g/mol. The normalized spacial score (nSPS) is 19.6. The van der Waals surface area contributed by atoms with Crippen LogP contribution >= 0.6 is 23.2 Å². The van der Waals surface area contributed by atoms with Gasteiger partial charge >= 0.3 is 6.09 Å². The van der Waals surface area contributed by atoms with E-state index in [0.29, 0.717) is 23.7 Å². The number of ether oxygens (including phenoxy) is 1. The van der Waals surface area contributed by atoms with Gasteiger partial charge in [-0.3, -0.25) is 4.90 Å². The smallest absolute Gasteiger partial charge is 0.416 e. The first-order valence-electron chi connectivity index (χ1n) is 10.1. The summed E-state index contributed by atoms with van der Waals surface area (Å²) in [5.74, 6) is 0.606. The molecule has 2 heterocycles. The second-order valence-corrected chi connectivity index (χ2v) is 8.72. The van der Waals surface area contributed by atoms with Crippen LogP contribution < -0.4 is 15.3 Å². The van der Waals surface area contributed by atoms with Gasteiger partial charge in [-0.15, -0.1) is 11.6 Å². The third kappa shape index (κ3) is 3.80. The van der Waals surface area contributed by atoms with Gasteiger partial charge in [-0.25, -0.2) is 4.79 Å². The number of amides is 1. The molecule has 3 aromatic rings. The molecular weight excluding hydrogens is 435 g/mol. The molecule has 1 aliphatic heterocycles. The van der Waals surface area contributed by atoms with E-state index in [2.05, 4.69) is 17.1 Å². The molecule has 158 valence electrons. The molecule has 0 spiro atoms. The zero-order valence-electron chi connectivity index (χ0n) is 16.5. The van der Waals surface area contributed by atoms with Gasteiger partial charge in [0, 0.05) is 27.8 Å². The molecule has 2 N–H and O–H groups in total. The Balaban J connectivity index is 1.57. The molecule has 2 aliphatic rings. The van der Waals surface area contributed by atoms with Gasteiger partial charge in [-0.1, -0.05) is 35.9 Å². The number of phenols is 1. The van der Waals surface area contributed by atoms with E-state index in [1.165, 1.54) is 5.56 Å². The number of nitrogens with zero attached hydrogens (tertiary/aromatic N) is 1. The number of phenolic OH excluding ortho intramolecular Hbond substituents is 1. The Bertz CT molecular complexity index is 1250. The maximum Gasteiger partial charge on any atom is 0.416 e. The van der Waals surface area contributed by atoms with Gasteiger partial charge in [-0.05, 0) is 60.4 Å². The van der Waals surface area contributed by atoms with E-state index in [1.54, 1.807) is 41.3 Å². The van der Waals surface area contributed by atoms with Crippen LogP contribution in [0.5, 0.6) is 11.5 Å². The molecule has 5 rings (SSSR count). The second kappa shape index (κ2) is 7.98. The zero-order chi connectivity index (χ0) is 21.5. The maximum atomic E-state index is 13.2. The fourth-order valence-electron chi connectivity index (χ4n) is 4.31. The lowest BCUT2D eigenvalue weighted by Crippen LogP contribution is -2.43. The number of rotatable bonds is 2. The van der Waals surface area contributed by atoms with Gasteiger partial charge in [0.25, 0.3) is 0 Å². The number of benzene rings is 2. The molecule has 7 heteroatoms. The summed E-state index contributed by atoms with van der Waals surface area (Å²) in [6.45, 7) is 0.496. The van der Waals surface area contributed by atoms with Crippen LogP contribution in [0.25, 0.3) is 12.2 Å². The summed E-state index contributed by atoms with van der Waals surface area (Å²) in [7, 11) is 0. The van der Waals surface area contributed by atoms with Crippen LogP contribution in [0.3, 0.4) is 0 Å². The van der Waals surface area contributed by atoms with Crippen LogP contribution in [0.4, 0.5) is 4.79 Å². The first-order chi connectivity index (χ1) is 15.0. The van der Waals surface area contributed by atoms with Gasteiger partial charge in [-0.2, -0.15) is 0 Å². The van der Waals surface area contributed by atoms with Crippen LogP contribution in [-0.4, -0.2) is 33.0 Å². The van der Waals surface area contributed by atoms with Gasteiger partial charge in [0.05, 0.1) is 5.38 Å². The summed E-state index contributed by atoms with van der Waals surface area (Å²) in [4.78, 5) is 18.4. The van der Waals surface area contributed by atoms with Crippen molar-refractivity contribution in [3.05, 3.63) is 80.9 Å². The molecule has 0 fully saturated rings. The highest BCUT2D eigenvalue weighted by Gasteiger charge is 2.35. The Morgan fingerprint density at radius 2 is 1.87 bits per heavy atom. The summed E-state index contributed by atoms with van der Waals surface area (Å²) in [5, 5.41) is 12.5. The topological polar surface area (TPSA) is 65.6 Å². The number of aromatic amines is 1. The lowest BCUT2D eigenvalue weighted by Gasteiger charge is -2.35. The van der Waals surface area contributed by atoms with Crippen molar-refractivity contribution in [2.24, 2.45) is 0 Å². The first kappa shape index (κ1) is 20.0. The summed E-state index contributed by atoms with van der Waals surface area (Å²) in [5.41, 5.74) is 3.01. The molecule has 1 unspecified atom stereocenters. The molecular formula is C24H20Cl2N2O3. The van der Waals surface area contributed by atoms with E-state index in [-0.39, 0.29) is 17.2 Å². The zero-order valence-corrected chi connectivity index (χ0v) is 18.0. The lowest BCUT2D eigenvalue weighted by molar-refractivity contribution is 0.135. The number of carbonyl (C=O) groups excluding carboxylic acids is 1. The number of aromatic hydroxyl groups is 1. The predicted molar refractivity (Wildman–Crippen MR) is 121 cm³/mol. The van der Waals surface area contributed by atoms with Crippen LogP contribution in [-0.2, 0) is 6.42 Å². The number of H-pyrrole nitrogens is 1. The van der Waals surface area contributed by atoms with E-state index < -0.39 is 6.09 Å². The Labute approximate surface area is 189 Å². The highest BCUT2D eigenvalue weighted by molar-refractivity contribution is 6.30. The highest BCUT2D eigenvalue weighted by Crippen LogP contribution is 2.34. The molecule has 0 saturated heterocycles. The van der Waals surface area contributed by atoms with E-state index in [1.807, 2.05) is 12.1 Å². The quantitative estimate of drug-likeness (QED) is 0.573. The Morgan fingerprint density at radius 3 is 2.61 bits per heavy atom. The van der Waals surface area contributed by atoms with E-state index >= 15 is 0 Å². The fourth-order valence-corrected chi connectivity index (χ4v) is 4.65. The average molecular weight is 455 g/mol. The van der Waals surface area contributed by atoms with E-state index in [4.69, 9.17) is 27.9 Å².